The zero-order chi connectivity index (χ0) is 15.4. The molecular weight excluding hydrogens is 371 g/mol. The molecule has 1 unspecified atom stereocenters. The first-order chi connectivity index (χ1) is 10.7. The van der Waals surface area contributed by atoms with Gasteiger partial charge < -0.3 is 16.0 Å². The molecule has 9 heteroatoms. The first-order valence-electron chi connectivity index (χ1n) is 7.04. The van der Waals surface area contributed by atoms with Gasteiger partial charge in [-0.1, -0.05) is 0 Å². The molecule has 1 atom stereocenters. The topological polar surface area (TPSA) is 83.1 Å². The number of amides is 2. The summed E-state index contributed by atoms with van der Waals surface area (Å²) in [5.74, 6) is -0.397. The van der Waals surface area contributed by atoms with Gasteiger partial charge >= 0.3 is 0 Å². The van der Waals surface area contributed by atoms with Gasteiger partial charge in [-0.25, -0.2) is 0 Å². The van der Waals surface area contributed by atoms with Crippen molar-refractivity contribution in [2.45, 2.75) is 12.5 Å². The molecule has 3 rings (SSSR count). The molecule has 1 aliphatic heterocycles. The SMILES string of the molecule is Cl.Cl.O=C(Nc1ccsc1C(=O)NC1CCNC1)c1ccncc1. The molecule has 1 fully saturated rings. The van der Waals surface area contributed by atoms with Crippen molar-refractivity contribution >= 4 is 53.7 Å². The molecule has 0 saturated carbocycles. The van der Waals surface area contributed by atoms with E-state index in [0.717, 1.165) is 19.5 Å². The number of rotatable bonds is 4. The minimum atomic E-state index is -0.252. The third kappa shape index (κ3) is 4.91. The third-order valence-corrected chi connectivity index (χ3v) is 4.37. The van der Waals surface area contributed by atoms with E-state index in [-0.39, 0.29) is 42.7 Å². The van der Waals surface area contributed by atoms with Gasteiger partial charge in [0.05, 0.1) is 5.69 Å². The number of anilines is 1. The van der Waals surface area contributed by atoms with Crippen LogP contribution in [0.3, 0.4) is 0 Å². The minimum Gasteiger partial charge on any atom is -0.347 e. The molecule has 24 heavy (non-hydrogen) atoms. The summed E-state index contributed by atoms with van der Waals surface area (Å²) >= 11 is 1.32. The van der Waals surface area contributed by atoms with Crippen LogP contribution in [0.4, 0.5) is 5.69 Å². The Morgan fingerprint density at radius 3 is 2.58 bits per heavy atom. The number of nitrogens with zero attached hydrogens (tertiary/aromatic N) is 1. The second-order valence-electron chi connectivity index (χ2n) is 5.02. The standard InChI is InChI=1S/C15H16N4O2S.2ClH/c20-14(10-1-5-16-6-2-10)19-12-4-8-22-13(12)15(21)18-11-3-7-17-9-11;;/h1-2,4-6,8,11,17H,3,7,9H2,(H,18,21)(H,19,20);2*1H. The molecular formula is C15H18Cl2N4O2S. The van der Waals surface area contributed by atoms with Gasteiger partial charge in [0.2, 0.25) is 0 Å². The van der Waals surface area contributed by atoms with Gasteiger partial charge in [-0.15, -0.1) is 36.2 Å². The number of pyridine rings is 1. The highest BCUT2D eigenvalue weighted by Crippen LogP contribution is 2.23. The highest BCUT2D eigenvalue weighted by atomic mass is 35.5. The second-order valence-corrected chi connectivity index (χ2v) is 5.93. The Kier molecular flexibility index (Phi) is 8.14. The average Bonchev–Trinajstić information content (AvgIpc) is 3.19. The molecule has 0 aliphatic carbocycles. The van der Waals surface area contributed by atoms with Crippen LogP contribution in [-0.4, -0.2) is 35.9 Å². The van der Waals surface area contributed by atoms with Gasteiger partial charge in [-0.2, -0.15) is 0 Å². The van der Waals surface area contributed by atoms with Crippen molar-refractivity contribution in [1.29, 1.82) is 0 Å². The molecule has 0 aromatic carbocycles. The second kappa shape index (κ2) is 9.58. The fourth-order valence-corrected chi connectivity index (χ4v) is 3.06. The van der Waals surface area contributed by atoms with Crippen LogP contribution in [0.1, 0.15) is 26.5 Å². The maximum absolute atomic E-state index is 12.3. The summed E-state index contributed by atoms with van der Waals surface area (Å²) < 4.78 is 0. The zero-order valence-corrected chi connectivity index (χ0v) is 15.1. The number of hydrogen-bond acceptors (Lipinski definition) is 5. The lowest BCUT2D eigenvalue weighted by atomic mass is 10.2. The number of halogens is 2. The normalized spacial score (nSPS) is 15.8. The van der Waals surface area contributed by atoms with E-state index in [0.29, 0.717) is 16.1 Å². The molecule has 0 spiro atoms. The fraction of sp³-hybridized carbons (Fsp3) is 0.267. The Morgan fingerprint density at radius 1 is 1.17 bits per heavy atom. The fourth-order valence-electron chi connectivity index (χ4n) is 2.31. The van der Waals surface area contributed by atoms with Gasteiger partial charge in [-0.05, 0) is 36.5 Å². The summed E-state index contributed by atoms with van der Waals surface area (Å²) in [6, 6.07) is 5.15. The van der Waals surface area contributed by atoms with E-state index in [1.54, 1.807) is 36.0 Å². The average molecular weight is 389 g/mol. The van der Waals surface area contributed by atoms with Crippen LogP contribution >= 0.6 is 36.2 Å². The summed E-state index contributed by atoms with van der Waals surface area (Å²) in [7, 11) is 0. The molecule has 3 N–H and O–H groups in total. The van der Waals surface area contributed by atoms with E-state index in [4.69, 9.17) is 0 Å². The van der Waals surface area contributed by atoms with Crippen LogP contribution in [0.2, 0.25) is 0 Å². The molecule has 6 nitrogen and oxygen atoms in total. The van der Waals surface area contributed by atoms with Crippen molar-refractivity contribution in [3.63, 3.8) is 0 Å². The first-order valence-corrected chi connectivity index (χ1v) is 7.92. The largest absolute Gasteiger partial charge is 0.347 e. The highest BCUT2D eigenvalue weighted by molar-refractivity contribution is 7.12. The van der Waals surface area contributed by atoms with E-state index in [2.05, 4.69) is 20.9 Å². The van der Waals surface area contributed by atoms with E-state index in [1.165, 1.54) is 11.3 Å². The quantitative estimate of drug-likeness (QED) is 0.750. The maximum Gasteiger partial charge on any atom is 0.263 e. The lowest BCUT2D eigenvalue weighted by Crippen LogP contribution is -2.36. The van der Waals surface area contributed by atoms with Gasteiger partial charge in [-0.3, -0.25) is 14.6 Å². The summed E-state index contributed by atoms with van der Waals surface area (Å²) in [4.78, 5) is 28.9. The Balaban J connectivity index is 0.00000144. The van der Waals surface area contributed by atoms with Gasteiger partial charge in [0.15, 0.2) is 0 Å². The van der Waals surface area contributed by atoms with Crippen molar-refractivity contribution in [2.24, 2.45) is 0 Å². The van der Waals surface area contributed by atoms with Crippen molar-refractivity contribution in [3.05, 3.63) is 46.4 Å². The van der Waals surface area contributed by atoms with Crippen molar-refractivity contribution in [3.8, 4) is 0 Å². The number of aromatic nitrogens is 1. The number of nitrogens with one attached hydrogen (secondary N) is 3. The molecule has 2 amide bonds. The Morgan fingerprint density at radius 2 is 1.92 bits per heavy atom. The number of carbonyl (C=O) groups is 2. The van der Waals surface area contributed by atoms with Crippen LogP contribution in [0.25, 0.3) is 0 Å². The predicted molar refractivity (Wildman–Crippen MR) is 99.7 cm³/mol. The molecule has 130 valence electrons. The molecule has 3 heterocycles. The number of hydrogen-bond donors (Lipinski definition) is 3. The third-order valence-electron chi connectivity index (χ3n) is 3.46. The van der Waals surface area contributed by atoms with Crippen LogP contribution in [-0.2, 0) is 0 Å². The Labute approximate surface area is 156 Å². The Bertz CT molecular complexity index is 675. The van der Waals surface area contributed by atoms with Crippen LogP contribution in [0.15, 0.2) is 36.0 Å². The number of thiophene rings is 1. The summed E-state index contributed by atoms with van der Waals surface area (Å²) in [6.45, 7) is 1.71. The molecule has 2 aromatic rings. The molecule has 0 radical (unpaired) electrons. The molecule has 1 aliphatic rings. The lowest BCUT2D eigenvalue weighted by molar-refractivity contribution is 0.0945. The van der Waals surface area contributed by atoms with E-state index in [9.17, 15) is 9.59 Å². The lowest BCUT2D eigenvalue weighted by Gasteiger charge is -2.12. The monoisotopic (exact) mass is 388 g/mol. The zero-order valence-electron chi connectivity index (χ0n) is 12.7. The smallest absolute Gasteiger partial charge is 0.263 e. The molecule has 2 aromatic heterocycles. The minimum absolute atomic E-state index is 0. The highest BCUT2D eigenvalue weighted by Gasteiger charge is 2.21. The van der Waals surface area contributed by atoms with Crippen molar-refractivity contribution in [2.75, 3.05) is 18.4 Å². The van der Waals surface area contributed by atoms with Gasteiger partial charge in [0, 0.05) is 30.5 Å². The van der Waals surface area contributed by atoms with Crippen molar-refractivity contribution in [1.82, 2.24) is 15.6 Å². The first kappa shape index (κ1) is 20.4. The van der Waals surface area contributed by atoms with Crippen LogP contribution in [0.5, 0.6) is 0 Å². The van der Waals surface area contributed by atoms with Gasteiger partial charge in [0.25, 0.3) is 11.8 Å². The van der Waals surface area contributed by atoms with Gasteiger partial charge in [0.1, 0.15) is 4.88 Å². The van der Waals surface area contributed by atoms with E-state index < -0.39 is 0 Å². The van der Waals surface area contributed by atoms with Crippen LogP contribution in [0, 0.1) is 0 Å². The summed E-state index contributed by atoms with van der Waals surface area (Å²) in [5.41, 5.74) is 1.04. The van der Waals surface area contributed by atoms with Crippen molar-refractivity contribution < 1.29 is 9.59 Å². The molecule has 0 bridgehead atoms. The van der Waals surface area contributed by atoms with Crippen LogP contribution < -0.4 is 16.0 Å². The van der Waals surface area contributed by atoms with E-state index in [1.807, 2.05) is 0 Å². The summed E-state index contributed by atoms with van der Waals surface area (Å²) in [6.07, 6.45) is 4.04. The van der Waals surface area contributed by atoms with E-state index >= 15 is 0 Å². The maximum atomic E-state index is 12.3. The number of carbonyl (C=O) groups excluding carboxylic acids is 2. The molecule has 1 saturated heterocycles. The Hall–Kier alpha value is -1.67. The summed E-state index contributed by atoms with van der Waals surface area (Å²) in [5, 5.41) is 10.8. The predicted octanol–water partition coefficient (Wildman–Crippen LogP) is 2.33.